The van der Waals surface area contributed by atoms with Crippen molar-refractivity contribution in [3.05, 3.63) is 40.1 Å². The number of amides is 1. The molecule has 0 aliphatic carbocycles. The van der Waals surface area contributed by atoms with Crippen molar-refractivity contribution in [2.75, 3.05) is 27.1 Å². The number of methoxy groups -OCH3 is 3. The third-order valence-corrected chi connectivity index (χ3v) is 5.97. The van der Waals surface area contributed by atoms with Crippen molar-refractivity contribution in [3.8, 4) is 17.2 Å². The van der Waals surface area contributed by atoms with Crippen molar-refractivity contribution in [3.63, 3.8) is 0 Å². The maximum atomic E-state index is 12.4. The van der Waals surface area contributed by atoms with E-state index in [-0.39, 0.29) is 11.3 Å². The number of ether oxygens (including phenoxy) is 3. The Labute approximate surface area is 149 Å². The van der Waals surface area contributed by atoms with E-state index in [9.17, 15) is 4.79 Å². The Morgan fingerprint density at radius 3 is 2.54 bits per heavy atom. The molecule has 24 heavy (non-hydrogen) atoms. The standard InChI is InChI=1S/C17H19NO4S2/c1-20-13-7-6-12(15(21-2)16(13)22-3)17-18(14(19)10-24-17)9-11-5-4-8-23-11/h4-8,17H,9-10H2,1-3H3. The lowest BCUT2D eigenvalue weighted by atomic mass is 10.1. The van der Waals surface area contributed by atoms with E-state index in [1.54, 1.807) is 44.4 Å². The minimum Gasteiger partial charge on any atom is -0.493 e. The molecular formula is C17H19NO4S2. The number of thiophene rings is 1. The monoisotopic (exact) mass is 365 g/mol. The fraction of sp³-hybridized carbons (Fsp3) is 0.353. The summed E-state index contributed by atoms with van der Waals surface area (Å²) >= 11 is 3.25. The molecule has 1 atom stereocenters. The van der Waals surface area contributed by atoms with E-state index >= 15 is 0 Å². The van der Waals surface area contributed by atoms with Crippen LogP contribution in [0, 0.1) is 0 Å². The smallest absolute Gasteiger partial charge is 0.234 e. The van der Waals surface area contributed by atoms with Gasteiger partial charge in [-0.25, -0.2) is 0 Å². The fourth-order valence-electron chi connectivity index (χ4n) is 2.77. The maximum absolute atomic E-state index is 12.4. The van der Waals surface area contributed by atoms with Crippen LogP contribution in [0.5, 0.6) is 17.2 Å². The first-order valence-electron chi connectivity index (χ1n) is 7.42. The van der Waals surface area contributed by atoms with Gasteiger partial charge in [0, 0.05) is 10.4 Å². The molecule has 2 heterocycles. The molecule has 0 saturated carbocycles. The summed E-state index contributed by atoms with van der Waals surface area (Å²) in [6, 6.07) is 7.84. The minimum atomic E-state index is -0.102. The van der Waals surface area contributed by atoms with Gasteiger partial charge >= 0.3 is 0 Å². The Morgan fingerprint density at radius 2 is 1.92 bits per heavy atom. The van der Waals surface area contributed by atoms with Crippen LogP contribution in [0.2, 0.25) is 0 Å². The molecule has 5 nitrogen and oxygen atoms in total. The zero-order valence-electron chi connectivity index (χ0n) is 13.8. The van der Waals surface area contributed by atoms with Crippen molar-refractivity contribution < 1.29 is 19.0 Å². The summed E-state index contributed by atoms with van der Waals surface area (Å²) in [6.07, 6.45) is 0. The van der Waals surface area contributed by atoms with Gasteiger partial charge in [0.2, 0.25) is 11.7 Å². The number of carbonyl (C=O) groups excluding carboxylic acids is 1. The lowest BCUT2D eigenvalue weighted by Crippen LogP contribution is -2.27. The minimum absolute atomic E-state index is 0.102. The second-order valence-electron chi connectivity index (χ2n) is 5.19. The highest BCUT2D eigenvalue weighted by atomic mass is 32.2. The molecule has 3 rings (SSSR count). The molecule has 1 aliphatic heterocycles. The third-order valence-electron chi connectivity index (χ3n) is 3.88. The molecule has 128 valence electrons. The van der Waals surface area contributed by atoms with E-state index in [4.69, 9.17) is 14.2 Å². The van der Waals surface area contributed by atoms with E-state index in [2.05, 4.69) is 0 Å². The Bertz CT molecular complexity index is 718. The lowest BCUT2D eigenvalue weighted by Gasteiger charge is -2.26. The van der Waals surface area contributed by atoms with Crippen LogP contribution in [0.3, 0.4) is 0 Å². The van der Waals surface area contributed by atoms with E-state index in [1.807, 2.05) is 34.5 Å². The van der Waals surface area contributed by atoms with E-state index in [0.29, 0.717) is 29.5 Å². The number of rotatable bonds is 6. The van der Waals surface area contributed by atoms with E-state index in [1.165, 1.54) is 0 Å². The molecule has 7 heteroatoms. The van der Waals surface area contributed by atoms with Gasteiger partial charge in [-0.1, -0.05) is 6.07 Å². The first kappa shape index (κ1) is 17.0. The van der Waals surface area contributed by atoms with Gasteiger partial charge in [0.1, 0.15) is 5.37 Å². The number of thioether (sulfide) groups is 1. The summed E-state index contributed by atoms with van der Waals surface area (Å²) in [7, 11) is 4.78. The van der Waals surface area contributed by atoms with Gasteiger partial charge in [-0.15, -0.1) is 23.1 Å². The van der Waals surface area contributed by atoms with Crippen LogP contribution in [0.25, 0.3) is 0 Å². The lowest BCUT2D eigenvalue weighted by molar-refractivity contribution is -0.128. The zero-order chi connectivity index (χ0) is 17.1. The predicted molar refractivity (Wildman–Crippen MR) is 96.2 cm³/mol. The van der Waals surface area contributed by atoms with Crippen molar-refractivity contribution in [2.45, 2.75) is 11.9 Å². The number of benzene rings is 1. The Kier molecular flexibility index (Phi) is 5.20. The molecule has 0 radical (unpaired) electrons. The molecule has 1 fully saturated rings. The van der Waals surface area contributed by atoms with Gasteiger partial charge in [0.25, 0.3) is 0 Å². The molecule has 1 amide bonds. The molecule has 0 N–H and O–H groups in total. The maximum Gasteiger partial charge on any atom is 0.234 e. The number of hydrogen-bond donors (Lipinski definition) is 0. The van der Waals surface area contributed by atoms with Gasteiger partial charge in [-0.05, 0) is 23.6 Å². The molecule has 1 aromatic heterocycles. The Hall–Kier alpha value is -1.86. The van der Waals surface area contributed by atoms with Crippen LogP contribution in [-0.2, 0) is 11.3 Å². The topological polar surface area (TPSA) is 48.0 Å². The van der Waals surface area contributed by atoms with Crippen molar-refractivity contribution in [2.24, 2.45) is 0 Å². The normalized spacial score (nSPS) is 17.2. The van der Waals surface area contributed by atoms with Gasteiger partial charge in [-0.2, -0.15) is 0 Å². The molecule has 0 bridgehead atoms. The molecule has 1 saturated heterocycles. The summed E-state index contributed by atoms with van der Waals surface area (Å²) in [5.41, 5.74) is 0.919. The van der Waals surface area contributed by atoms with Crippen LogP contribution < -0.4 is 14.2 Å². The highest BCUT2D eigenvalue weighted by Gasteiger charge is 2.36. The summed E-state index contributed by atoms with van der Waals surface area (Å²) in [4.78, 5) is 15.4. The average Bonchev–Trinajstić information content (AvgIpc) is 3.24. The number of hydrogen-bond acceptors (Lipinski definition) is 6. The Balaban J connectivity index is 1.98. The summed E-state index contributed by atoms with van der Waals surface area (Å²) in [6.45, 7) is 0.603. The van der Waals surface area contributed by atoms with Crippen molar-refractivity contribution in [1.29, 1.82) is 0 Å². The second-order valence-corrected chi connectivity index (χ2v) is 7.29. The first-order valence-corrected chi connectivity index (χ1v) is 9.34. The molecular weight excluding hydrogens is 346 g/mol. The molecule has 2 aromatic rings. The number of nitrogens with zero attached hydrogens (tertiary/aromatic N) is 1. The Morgan fingerprint density at radius 1 is 1.12 bits per heavy atom. The van der Waals surface area contributed by atoms with E-state index in [0.717, 1.165) is 10.4 Å². The average molecular weight is 365 g/mol. The fourth-order valence-corrected chi connectivity index (χ4v) is 4.68. The van der Waals surface area contributed by atoms with Crippen LogP contribution in [-0.4, -0.2) is 37.9 Å². The third kappa shape index (κ3) is 3.06. The van der Waals surface area contributed by atoms with Crippen LogP contribution in [0.15, 0.2) is 29.6 Å². The predicted octanol–water partition coefficient (Wildman–Crippen LogP) is 3.55. The zero-order valence-corrected chi connectivity index (χ0v) is 15.4. The number of carbonyl (C=O) groups is 1. The van der Waals surface area contributed by atoms with Crippen molar-refractivity contribution in [1.82, 2.24) is 4.90 Å². The SMILES string of the molecule is COc1ccc(C2SCC(=O)N2Cc2cccs2)c(OC)c1OC. The van der Waals surface area contributed by atoms with Crippen LogP contribution in [0.4, 0.5) is 0 Å². The summed E-state index contributed by atoms with van der Waals surface area (Å²) < 4.78 is 16.4. The molecule has 1 aromatic carbocycles. The van der Waals surface area contributed by atoms with Gasteiger partial charge in [0.05, 0.1) is 33.6 Å². The summed E-state index contributed by atoms with van der Waals surface area (Å²) in [5.74, 6) is 2.37. The molecule has 1 aliphatic rings. The molecule has 0 spiro atoms. The quantitative estimate of drug-likeness (QED) is 0.783. The van der Waals surface area contributed by atoms with Gasteiger partial charge in [-0.3, -0.25) is 4.79 Å². The second kappa shape index (κ2) is 7.36. The highest BCUT2D eigenvalue weighted by molar-refractivity contribution is 8.00. The van der Waals surface area contributed by atoms with E-state index < -0.39 is 0 Å². The summed E-state index contributed by atoms with van der Waals surface area (Å²) in [5, 5.41) is 1.92. The molecule has 1 unspecified atom stereocenters. The van der Waals surface area contributed by atoms with Crippen molar-refractivity contribution >= 4 is 29.0 Å². The largest absolute Gasteiger partial charge is 0.493 e. The first-order chi connectivity index (χ1) is 11.7. The van der Waals surface area contributed by atoms with Crippen LogP contribution >= 0.6 is 23.1 Å². The van der Waals surface area contributed by atoms with Gasteiger partial charge < -0.3 is 19.1 Å². The highest BCUT2D eigenvalue weighted by Crippen LogP contribution is 2.49. The van der Waals surface area contributed by atoms with Crippen LogP contribution in [0.1, 0.15) is 15.8 Å². The van der Waals surface area contributed by atoms with Gasteiger partial charge in [0.15, 0.2) is 11.5 Å².